The number of aryl methyl sites for hydroxylation is 1. The van der Waals surface area contributed by atoms with E-state index in [4.69, 9.17) is 10.5 Å². The van der Waals surface area contributed by atoms with Crippen molar-refractivity contribution in [3.05, 3.63) is 64.2 Å². The SMILES string of the molecule is COc1c(C(N)C2Cc3ccccc32)ccc(C)c1C. The van der Waals surface area contributed by atoms with Gasteiger partial charge in [0.05, 0.1) is 7.11 Å². The van der Waals surface area contributed by atoms with Gasteiger partial charge in [-0.15, -0.1) is 0 Å². The third kappa shape index (κ3) is 1.92. The third-order valence-corrected chi connectivity index (χ3v) is 4.60. The monoisotopic (exact) mass is 267 g/mol. The Bertz CT molecular complexity index is 648. The number of rotatable bonds is 3. The predicted molar refractivity (Wildman–Crippen MR) is 82.3 cm³/mol. The molecule has 0 saturated heterocycles. The molecule has 0 aliphatic heterocycles. The largest absolute Gasteiger partial charge is 0.496 e. The minimum atomic E-state index is -0.000787. The Morgan fingerprint density at radius 2 is 1.90 bits per heavy atom. The summed E-state index contributed by atoms with van der Waals surface area (Å²) in [7, 11) is 1.73. The Labute approximate surface area is 120 Å². The smallest absolute Gasteiger partial charge is 0.126 e. The van der Waals surface area contributed by atoms with Gasteiger partial charge in [-0.1, -0.05) is 36.4 Å². The minimum Gasteiger partial charge on any atom is -0.496 e. The van der Waals surface area contributed by atoms with Crippen LogP contribution in [0.25, 0.3) is 0 Å². The van der Waals surface area contributed by atoms with Crippen LogP contribution in [0, 0.1) is 13.8 Å². The van der Waals surface area contributed by atoms with Gasteiger partial charge in [0.1, 0.15) is 5.75 Å². The van der Waals surface area contributed by atoms with Gasteiger partial charge in [-0.2, -0.15) is 0 Å². The van der Waals surface area contributed by atoms with Crippen LogP contribution in [-0.2, 0) is 6.42 Å². The van der Waals surface area contributed by atoms with E-state index in [-0.39, 0.29) is 6.04 Å². The topological polar surface area (TPSA) is 35.2 Å². The molecule has 0 radical (unpaired) electrons. The van der Waals surface area contributed by atoms with Gasteiger partial charge in [-0.25, -0.2) is 0 Å². The van der Waals surface area contributed by atoms with E-state index in [0.717, 1.165) is 17.7 Å². The van der Waals surface area contributed by atoms with Gasteiger partial charge in [0, 0.05) is 17.5 Å². The highest BCUT2D eigenvalue weighted by molar-refractivity contribution is 5.50. The molecule has 20 heavy (non-hydrogen) atoms. The van der Waals surface area contributed by atoms with Crippen LogP contribution >= 0.6 is 0 Å². The van der Waals surface area contributed by atoms with Gasteiger partial charge in [0.2, 0.25) is 0 Å². The van der Waals surface area contributed by atoms with E-state index >= 15 is 0 Å². The molecule has 2 aromatic rings. The van der Waals surface area contributed by atoms with Gasteiger partial charge in [-0.05, 0) is 42.5 Å². The molecule has 0 saturated carbocycles. The molecule has 104 valence electrons. The molecule has 2 unspecified atom stereocenters. The summed E-state index contributed by atoms with van der Waals surface area (Å²) >= 11 is 0. The standard InChI is InChI=1S/C18H21NO/c1-11-8-9-15(18(20-3)12(11)2)17(19)16-10-13-6-4-5-7-14(13)16/h4-9,16-17H,10,19H2,1-3H3. The second kappa shape index (κ2) is 4.95. The van der Waals surface area contributed by atoms with Gasteiger partial charge in [-0.3, -0.25) is 0 Å². The summed E-state index contributed by atoms with van der Waals surface area (Å²) in [6, 6.07) is 12.8. The van der Waals surface area contributed by atoms with Crippen molar-refractivity contribution in [2.24, 2.45) is 5.73 Å². The maximum absolute atomic E-state index is 6.53. The highest BCUT2D eigenvalue weighted by Gasteiger charge is 2.33. The summed E-state index contributed by atoms with van der Waals surface area (Å²) in [5.41, 5.74) is 12.9. The first kappa shape index (κ1) is 13.2. The summed E-state index contributed by atoms with van der Waals surface area (Å²) in [5, 5.41) is 0. The van der Waals surface area contributed by atoms with Crippen LogP contribution in [0.15, 0.2) is 36.4 Å². The number of ether oxygens (including phenoxy) is 1. The van der Waals surface area contributed by atoms with E-state index in [1.807, 2.05) is 0 Å². The lowest BCUT2D eigenvalue weighted by Gasteiger charge is -2.35. The van der Waals surface area contributed by atoms with Crippen molar-refractivity contribution >= 4 is 0 Å². The van der Waals surface area contributed by atoms with Crippen LogP contribution < -0.4 is 10.5 Å². The second-order valence-electron chi connectivity index (χ2n) is 5.67. The zero-order valence-corrected chi connectivity index (χ0v) is 12.3. The highest BCUT2D eigenvalue weighted by atomic mass is 16.5. The first-order chi connectivity index (χ1) is 9.63. The van der Waals surface area contributed by atoms with E-state index < -0.39 is 0 Å². The lowest BCUT2D eigenvalue weighted by atomic mass is 9.71. The van der Waals surface area contributed by atoms with Crippen molar-refractivity contribution < 1.29 is 4.74 Å². The maximum Gasteiger partial charge on any atom is 0.126 e. The first-order valence-electron chi connectivity index (χ1n) is 7.11. The van der Waals surface area contributed by atoms with Gasteiger partial charge in [0.25, 0.3) is 0 Å². The van der Waals surface area contributed by atoms with Crippen molar-refractivity contribution in [2.45, 2.75) is 32.2 Å². The number of hydrogen-bond acceptors (Lipinski definition) is 2. The summed E-state index contributed by atoms with van der Waals surface area (Å²) < 4.78 is 5.60. The Kier molecular flexibility index (Phi) is 3.27. The molecule has 2 nitrogen and oxygen atoms in total. The molecule has 2 aromatic carbocycles. The van der Waals surface area contributed by atoms with E-state index in [1.165, 1.54) is 22.3 Å². The Hall–Kier alpha value is -1.80. The fourth-order valence-corrected chi connectivity index (χ4v) is 3.18. The molecule has 0 heterocycles. The van der Waals surface area contributed by atoms with E-state index in [1.54, 1.807) is 7.11 Å². The fourth-order valence-electron chi connectivity index (χ4n) is 3.18. The summed E-state index contributed by atoms with van der Waals surface area (Å²) in [5.74, 6) is 1.35. The lowest BCUT2D eigenvalue weighted by Crippen LogP contribution is -2.29. The quantitative estimate of drug-likeness (QED) is 0.921. The van der Waals surface area contributed by atoms with Crippen molar-refractivity contribution in [3.8, 4) is 5.75 Å². The number of methoxy groups -OCH3 is 1. The van der Waals surface area contributed by atoms with Gasteiger partial charge < -0.3 is 10.5 Å². The number of hydrogen-bond donors (Lipinski definition) is 1. The molecular formula is C18H21NO. The molecular weight excluding hydrogens is 246 g/mol. The highest BCUT2D eigenvalue weighted by Crippen LogP contribution is 2.44. The molecule has 0 bridgehead atoms. The maximum atomic E-state index is 6.53. The van der Waals surface area contributed by atoms with Gasteiger partial charge >= 0.3 is 0 Å². The zero-order valence-electron chi connectivity index (χ0n) is 12.3. The van der Waals surface area contributed by atoms with Crippen molar-refractivity contribution in [3.63, 3.8) is 0 Å². The lowest BCUT2D eigenvalue weighted by molar-refractivity contribution is 0.393. The normalized spacial score (nSPS) is 18.1. The second-order valence-corrected chi connectivity index (χ2v) is 5.67. The van der Waals surface area contributed by atoms with Gasteiger partial charge in [0.15, 0.2) is 0 Å². The molecule has 1 aliphatic rings. The van der Waals surface area contributed by atoms with Crippen LogP contribution in [0.4, 0.5) is 0 Å². The summed E-state index contributed by atoms with van der Waals surface area (Å²) in [6.45, 7) is 4.20. The summed E-state index contributed by atoms with van der Waals surface area (Å²) in [6.07, 6.45) is 1.06. The molecule has 2 N–H and O–H groups in total. The zero-order chi connectivity index (χ0) is 14.3. The predicted octanol–water partition coefficient (Wildman–Crippen LogP) is 3.65. The minimum absolute atomic E-state index is 0.000787. The molecule has 2 heteroatoms. The summed E-state index contributed by atoms with van der Waals surface area (Å²) in [4.78, 5) is 0. The number of nitrogens with two attached hydrogens (primary N) is 1. The van der Waals surface area contributed by atoms with Crippen LogP contribution in [0.2, 0.25) is 0 Å². The van der Waals surface area contributed by atoms with Crippen molar-refractivity contribution in [1.82, 2.24) is 0 Å². The molecule has 0 aromatic heterocycles. The van der Waals surface area contributed by atoms with E-state index in [2.05, 4.69) is 50.2 Å². The Morgan fingerprint density at radius 1 is 1.15 bits per heavy atom. The van der Waals surface area contributed by atoms with Crippen LogP contribution in [0.5, 0.6) is 5.75 Å². The Balaban J connectivity index is 1.97. The van der Waals surface area contributed by atoms with Crippen LogP contribution in [-0.4, -0.2) is 7.11 Å². The Morgan fingerprint density at radius 3 is 2.60 bits per heavy atom. The molecule has 3 rings (SSSR count). The van der Waals surface area contributed by atoms with Crippen molar-refractivity contribution in [2.75, 3.05) is 7.11 Å². The molecule has 2 atom stereocenters. The number of fused-ring (bicyclic) bond motifs is 1. The average molecular weight is 267 g/mol. The number of benzene rings is 2. The van der Waals surface area contributed by atoms with Crippen molar-refractivity contribution in [1.29, 1.82) is 0 Å². The van der Waals surface area contributed by atoms with Crippen LogP contribution in [0.1, 0.15) is 39.8 Å². The van der Waals surface area contributed by atoms with E-state index in [0.29, 0.717) is 5.92 Å². The first-order valence-corrected chi connectivity index (χ1v) is 7.11. The molecule has 0 amide bonds. The molecule has 0 fully saturated rings. The average Bonchev–Trinajstić information content (AvgIpc) is 2.42. The third-order valence-electron chi connectivity index (χ3n) is 4.60. The molecule has 0 spiro atoms. The van der Waals surface area contributed by atoms with E-state index in [9.17, 15) is 0 Å². The molecule has 1 aliphatic carbocycles. The van der Waals surface area contributed by atoms with Crippen LogP contribution in [0.3, 0.4) is 0 Å². The fraction of sp³-hybridized carbons (Fsp3) is 0.333.